The first-order valence-electron chi connectivity index (χ1n) is 9.28. The Bertz CT molecular complexity index is 838. The minimum Gasteiger partial charge on any atom is -0.456 e. The average molecular weight is 381 g/mol. The van der Waals surface area contributed by atoms with E-state index >= 15 is 0 Å². The van der Waals surface area contributed by atoms with Crippen molar-refractivity contribution in [2.24, 2.45) is 0 Å². The molecule has 0 unspecified atom stereocenters. The Balaban J connectivity index is 1.78. The molecule has 0 aliphatic carbocycles. The second-order valence-electron chi connectivity index (χ2n) is 7.12. The van der Waals surface area contributed by atoms with Crippen LogP contribution in [0.3, 0.4) is 0 Å². The highest BCUT2D eigenvalue weighted by Gasteiger charge is 2.37. The fourth-order valence-corrected chi connectivity index (χ4v) is 6.03. The van der Waals surface area contributed by atoms with Gasteiger partial charge in [-0.15, -0.1) is 0 Å². The highest BCUT2D eigenvalue weighted by atomic mass is 31.2. The summed E-state index contributed by atoms with van der Waals surface area (Å²) < 4.78 is 28.2. The molecule has 0 bridgehead atoms. The zero-order valence-corrected chi connectivity index (χ0v) is 16.5. The molecule has 1 saturated heterocycles. The summed E-state index contributed by atoms with van der Waals surface area (Å²) >= 11 is 0. The number of morpholine rings is 1. The molecule has 0 amide bonds. The summed E-state index contributed by atoms with van der Waals surface area (Å²) in [5, 5.41) is 0. The van der Waals surface area contributed by atoms with Gasteiger partial charge in [0.05, 0.1) is 12.2 Å². The molecule has 2 aromatic carbocycles. The van der Waals surface area contributed by atoms with Gasteiger partial charge in [-0.1, -0.05) is 60.7 Å². The molecule has 27 heavy (non-hydrogen) atoms. The quantitative estimate of drug-likeness (QED) is 0.667. The van der Waals surface area contributed by atoms with E-state index in [4.69, 9.17) is 9.47 Å². The maximum atomic E-state index is 14.1. The third-order valence-electron chi connectivity index (χ3n) is 4.78. The van der Waals surface area contributed by atoms with Crippen molar-refractivity contribution in [3.8, 4) is 0 Å². The molecular weight excluding hydrogens is 357 g/mol. The minimum atomic E-state index is -2.90. The standard InChI is InChI=1S/C22H24NO3P/c1-17-13-23(14-18(2)25-17)27(24)15-21(19-9-5-3-6-10-19)26-22(16-27)20-11-7-4-8-12-20/h3-12,15-18H,13-14H2,1-2H3/t17-,18-/m1/s1. The molecule has 0 radical (unpaired) electrons. The van der Waals surface area contributed by atoms with Gasteiger partial charge in [0.2, 0.25) is 7.29 Å². The van der Waals surface area contributed by atoms with E-state index in [-0.39, 0.29) is 12.2 Å². The first kappa shape index (κ1) is 18.2. The van der Waals surface area contributed by atoms with Crippen LogP contribution in [0.4, 0.5) is 0 Å². The van der Waals surface area contributed by atoms with E-state index in [9.17, 15) is 4.57 Å². The molecule has 4 rings (SSSR count). The summed E-state index contributed by atoms with van der Waals surface area (Å²) in [7, 11) is -2.90. The van der Waals surface area contributed by atoms with Crippen molar-refractivity contribution in [2.45, 2.75) is 26.1 Å². The molecule has 2 aliphatic rings. The lowest BCUT2D eigenvalue weighted by Crippen LogP contribution is -2.43. The summed E-state index contributed by atoms with van der Waals surface area (Å²) in [6.45, 7) is 5.33. The molecule has 2 aliphatic heterocycles. The van der Waals surface area contributed by atoms with E-state index < -0.39 is 7.29 Å². The normalized spacial score (nSPS) is 25.3. The second-order valence-corrected chi connectivity index (χ2v) is 9.55. The van der Waals surface area contributed by atoms with Crippen LogP contribution in [-0.4, -0.2) is 30.0 Å². The largest absolute Gasteiger partial charge is 0.456 e. The maximum absolute atomic E-state index is 14.1. The van der Waals surface area contributed by atoms with E-state index in [1.54, 1.807) is 11.6 Å². The van der Waals surface area contributed by atoms with Gasteiger partial charge in [0.15, 0.2) is 0 Å². The van der Waals surface area contributed by atoms with E-state index in [2.05, 4.69) is 4.67 Å². The van der Waals surface area contributed by atoms with Crippen LogP contribution < -0.4 is 0 Å². The molecule has 2 atom stereocenters. The number of nitrogens with zero attached hydrogens (tertiary/aromatic N) is 1. The molecular formula is C22H24NO3P. The number of ether oxygens (including phenoxy) is 2. The van der Waals surface area contributed by atoms with E-state index in [1.807, 2.05) is 74.5 Å². The van der Waals surface area contributed by atoms with Crippen molar-refractivity contribution >= 4 is 18.8 Å². The average Bonchev–Trinajstić information content (AvgIpc) is 2.68. The summed E-state index contributed by atoms with van der Waals surface area (Å²) in [6.07, 6.45) is 0.0918. The van der Waals surface area contributed by atoms with Gasteiger partial charge in [-0.25, -0.2) is 4.67 Å². The van der Waals surface area contributed by atoms with Crippen molar-refractivity contribution < 1.29 is 14.0 Å². The maximum Gasteiger partial charge on any atom is 0.200 e. The van der Waals surface area contributed by atoms with E-state index in [0.29, 0.717) is 24.6 Å². The van der Waals surface area contributed by atoms with Crippen molar-refractivity contribution in [1.82, 2.24) is 4.67 Å². The van der Waals surface area contributed by atoms with Gasteiger partial charge in [0.25, 0.3) is 0 Å². The molecule has 0 aromatic heterocycles. The van der Waals surface area contributed by atoms with Crippen LogP contribution in [-0.2, 0) is 14.0 Å². The van der Waals surface area contributed by atoms with Gasteiger partial charge in [-0.05, 0) is 13.8 Å². The summed E-state index contributed by atoms with van der Waals surface area (Å²) in [5.41, 5.74) is 1.85. The minimum absolute atomic E-state index is 0.0459. The fourth-order valence-electron chi connectivity index (χ4n) is 3.59. The SMILES string of the molecule is C[C@@H]1CN(P2(=O)C=C(c3ccccc3)OC(c3ccccc3)=C2)C[C@@H](C)O1. The van der Waals surface area contributed by atoms with Crippen molar-refractivity contribution in [1.29, 1.82) is 0 Å². The van der Waals surface area contributed by atoms with Crippen molar-refractivity contribution in [3.63, 3.8) is 0 Å². The summed E-state index contributed by atoms with van der Waals surface area (Å²) in [6, 6.07) is 19.7. The predicted molar refractivity (Wildman–Crippen MR) is 109 cm³/mol. The predicted octanol–water partition coefficient (Wildman–Crippen LogP) is 5.40. The van der Waals surface area contributed by atoms with Crippen LogP contribution >= 0.6 is 7.29 Å². The van der Waals surface area contributed by atoms with Crippen LogP contribution in [0.2, 0.25) is 0 Å². The third kappa shape index (κ3) is 3.93. The Morgan fingerprint density at radius 3 is 1.70 bits per heavy atom. The van der Waals surface area contributed by atoms with Gasteiger partial charge in [-0.3, -0.25) is 4.57 Å². The third-order valence-corrected chi connectivity index (χ3v) is 7.20. The zero-order chi connectivity index (χ0) is 18.9. The van der Waals surface area contributed by atoms with Crippen LogP contribution in [0.15, 0.2) is 72.3 Å². The lowest BCUT2D eigenvalue weighted by molar-refractivity contribution is -0.0442. The highest BCUT2D eigenvalue weighted by Crippen LogP contribution is 2.59. The molecule has 140 valence electrons. The Kier molecular flexibility index (Phi) is 5.05. The van der Waals surface area contributed by atoms with Gasteiger partial charge >= 0.3 is 0 Å². The molecule has 5 heteroatoms. The molecule has 2 heterocycles. The Hall–Kier alpha value is -2.13. The molecule has 2 aromatic rings. The lowest BCUT2D eigenvalue weighted by atomic mass is 10.2. The fraction of sp³-hybridized carbons (Fsp3) is 0.273. The highest BCUT2D eigenvalue weighted by molar-refractivity contribution is 7.68. The first-order chi connectivity index (χ1) is 13.0. The smallest absolute Gasteiger partial charge is 0.200 e. The van der Waals surface area contributed by atoms with Crippen LogP contribution in [0, 0.1) is 0 Å². The molecule has 0 spiro atoms. The van der Waals surface area contributed by atoms with E-state index in [0.717, 1.165) is 11.1 Å². The van der Waals surface area contributed by atoms with Gasteiger partial charge in [0, 0.05) is 35.9 Å². The van der Waals surface area contributed by atoms with E-state index in [1.165, 1.54) is 0 Å². The monoisotopic (exact) mass is 381 g/mol. The topological polar surface area (TPSA) is 38.8 Å². The zero-order valence-electron chi connectivity index (χ0n) is 15.6. The Labute approximate surface area is 160 Å². The number of benzene rings is 2. The van der Waals surface area contributed by atoms with Gasteiger partial charge < -0.3 is 9.47 Å². The Morgan fingerprint density at radius 2 is 1.26 bits per heavy atom. The number of hydrogen-bond donors (Lipinski definition) is 0. The molecule has 0 saturated carbocycles. The second kappa shape index (κ2) is 7.47. The number of rotatable bonds is 3. The number of hydrogen-bond acceptors (Lipinski definition) is 3. The van der Waals surface area contributed by atoms with Crippen LogP contribution in [0.5, 0.6) is 0 Å². The van der Waals surface area contributed by atoms with Crippen LogP contribution in [0.25, 0.3) is 11.5 Å². The van der Waals surface area contributed by atoms with Gasteiger partial charge in [-0.2, -0.15) is 0 Å². The first-order valence-corrected chi connectivity index (χ1v) is 11.1. The van der Waals surface area contributed by atoms with Crippen molar-refractivity contribution in [2.75, 3.05) is 13.1 Å². The molecule has 1 fully saturated rings. The van der Waals surface area contributed by atoms with Crippen LogP contribution in [0.1, 0.15) is 25.0 Å². The van der Waals surface area contributed by atoms with Gasteiger partial charge in [0.1, 0.15) is 11.5 Å². The molecule has 0 N–H and O–H groups in total. The summed E-state index contributed by atoms with van der Waals surface area (Å²) in [5.74, 6) is 4.90. The lowest BCUT2D eigenvalue weighted by Gasteiger charge is -2.39. The molecule has 4 nitrogen and oxygen atoms in total. The Morgan fingerprint density at radius 1 is 0.815 bits per heavy atom. The summed E-state index contributed by atoms with van der Waals surface area (Å²) in [4.78, 5) is 0. The van der Waals surface area contributed by atoms with Crippen molar-refractivity contribution in [3.05, 3.63) is 83.4 Å².